The van der Waals surface area contributed by atoms with E-state index in [2.05, 4.69) is 18.9 Å². The Morgan fingerprint density at radius 1 is 1.39 bits per heavy atom. The van der Waals surface area contributed by atoms with Crippen molar-refractivity contribution < 1.29 is 9.90 Å². The number of hydrogen-bond acceptors (Lipinski definition) is 4. The predicted octanol–water partition coefficient (Wildman–Crippen LogP) is 2.57. The van der Waals surface area contributed by atoms with Crippen LogP contribution in [0.25, 0.3) is 0 Å². The first kappa shape index (κ1) is 16.2. The van der Waals surface area contributed by atoms with Crippen LogP contribution in [0.3, 0.4) is 0 Å². The molecule has 0 aliphatic carbocycles. The lowest BCUT2D eigenvalue weighted by Crippen LogP contribution is -2.38. The largest absolute Gasteiger partial charge is 0.394 e. The monoisotopic (exact) mass is 333 g/mol. The second-order valence-electron chi connectivity index (χ2n) is 6.12. The van der Waals surface area contributed by atoms with Crippen molar-refractivity contribution in [1.82, 2.24) is 14.7 Å². The van der Waals surface area contributed by atoms with Gasteiger partial charge in [0.25, 0.3) is 5.91 Å². The van der Waals surface area contributed by atoms with Crippen LogP contribution in [-0.4, -0.2) is 45.4 Å². The van der Waals surface area contributed by atoms with Gasteiger partial charge in [0.15, 0.2) is 0 Å². The van der Waals surface area contributed by atoms with E-state index in [9.17, 15) is 4.79 Å². The van der Waals surface area contributed by atoms with E-state index >= 15 is 0 Å². The molecular formula is C17H23N3O2S. The standard InChI is InChI=1S/C17H23N3O2S/c1-12-11-16(23-13(12)2)17(22)19-7-4-14(5-8-19)15-3-6-18-20(15)9-10-21/h3,6,11,14,21H,4-5,7-10H2,1-2H3. The van der Waals surface area contributed by atoms with Crippen LogP contribution >= 0.6 is 11.3 Å². The molecule has 0 spiro atoms. The Kier molecular flexibility index (Phi) is 4.82. The summed E-state index contributed by atoms with van der Waals surface area (Å²) in [7, 11) is 0. The van der Waals surface area contributed by atoms with Gasteiger partial charge in [0.2, 0.25) is 0 Å². The number of aliphatic hydroxyl groups is 1. The highest BCUT2D eigenvalue weighted by Gasteiger charge is 2.27. The van der Waals surface area contributed by atoms with E-state index < -0.39 is 0 Å². The number of piperidine rings is 1. The summed E-state index contributed by atoms with van der Waals surface area (Å²) in [4.78, 5) is 16.6. The second kappa shape index (κ2) is 6.84. The van der Waals surface area contributed by atoms with E-state index in [0.29, 0.717) is 12.5 Å². The Bertz CT molecular complexity index is 664. The van der Waals surface area contributed by atoms with Crippen molar-refractivity contribution in [1.29, 1.82) is 0 Å². The van der Waals surface area contributed by atoms with Crippen LogP contribution in [-0.2, 0) is 6.54 Å². The molecule has 0 unspecified atom stereocenters. The molecule has 6 heteroatoms. The maximum absolute atomic E-state index is 12.6. The molecular weight excluding hydrogens is 310 g/mol. The molecule has 1 N–H and O–H groups in total. The van der Waals surface area contributed by atoms with Gasteiger partial charge in [0.05, 0.1) is 18.0 Å². The lowest BCUT2D eigenvalue weighted by atomic mass is 9.93. The van der Waals surface area contributed by atoms with Crippen LogP contribution in [0.15, 0.2) is 18.3 Å². The first-order valence-electron chi connectivity index (χ1n) is 8.09. The van der Waals surface area contributed by atoms with Crippen molar-refractivity contribution in [3.05, 3.63) is 39.3 Å². The summed E-state index contributed by atoms with van der Waals surface area (Å²) in [6, 6.07) is 4.04. The third-order valence-corrected chi connectivity index (χ3v) is 5.78. The number of nitrogens with zero attached hydrogens (tertiary/aromatic N) is 3. The molecule has 0 bridgehead atoms. The van der Waals surface area contributed by atoms with Crippen LogP contribution < -0.4 is 0 Å². The highest BCUT2D eigenvalue weighted by Crippen LogP contribution is 2.30. The molecule has 0 aromatic carbocycles. The fourth-order valence-corrected chi connectivity index (χ4v) is 4.19. The fourth-order valence-electron chi connectivity index (χ4n) is 3.18. The van der Waals surface area contributed by atoms with Crippen molar-refractivity contribution in [2.75, 3.05) is 19.7 Å². The summed E-state index contributed by atoms with van der Waals surface area (Å²) < 4.78 is 1.88. The number of aryl methyl sites for hydroxylation is 2. The molecule has 1 aliphatic rings. The van der Waals surface area contributed by atoms with Gasteiger partial charge in [-0.1, -0.05) is 0 Å². The molecule has 0 radical (unpaired) electrons. The maximum Gasteiger partial charge on any atom is 0.263 e. The number of aliphatic hydroxyl groups excluding tert-OH is 1. The van der Waals surface area contributed by atoms with E-state index in [1.165, 1.54) is 16.1 Å². The van der Waals surface area contributed by atoms with Crippen LogP contribution in [0.4, 0.5) is 0 Å². The Balaban J connectivity index is 1.64. The molecule has 2 aromatic rings. The molecule has 0 saturated carbocycles. The number of hydrogen-bond donors (Lipinski definition) is 1. The minimum Gasteiger partial charge on any atom is -0.394 e. The van der Waals surface area contributed by atoms with Crippen molar-refractivity contribution in [2.24, 2.45) is 0 Å². The summed E-state index contributed by atoms with van der Waals surface area (Å²) in [5.41, 5.74) is 2.37. The van der Waals surface area contributed by atoms with Crippen molar-refractivity contribution >= 4 is 17.2 Å². The minimum atomic E-state index is 0.100. The zero-order valence-corrected chi connectivity index (χ0v) is 14.5. The highest BCUT2D eigenvalue weighted by molar-refractivity contribution is 7.14. The molecule has 1 amide bonds. The lowest BCUT2D eigenvalue weighted by molar-refractivity contribution is 0.0716. The van der Waals surface area contributed by atoms with Gasteiger partial charge in [-0.05, 0) is 44.4 Å². The maximum atomic E-state index is 12.6. The van der Waals surface area contributed by atoms with Crippen LogP contribution in [0.2, 0.25) is 0 Å². The molecule has 124 valence electrons. The van der Waals surface area contributed by atoms with Crippen LogP contribution in [0.1, 0.15) is 44.6 Å². The quantitative estimate of drug-likeness (QED) is 0.935. The fraction of sp³-hybridized carbons (Fsp3) is 0.529. The molecule has 2 aromatic heterocycles. The van der Waals surface area contributed by atoms with Gasteiger partial charge >= 0.3 is 0 Å². The van der Waals surface area contributed by atoms with Crippen molar-refractivity contribution in [2.45, 2.75) is 39.2 Å². The Hall–Kier alpha value is -1.66. The van der Waals surface area contributed by atoms with Crippen LogP contribution in [0.5, 0.6) is 0 Å². The molecule has 0 atom stereocenters. The second-order valence-corrected chi connectivity index (χ2v) is 7.38. The van der Waals surface area contributed by atoms with Gasteiger partial charge in [-0.15, -0.1) is 11.3 Å². The number of likely N-dealkylation sites (tertiary alicyclic amines) is 1. The summed E-state index contributed by atoms with van der Waals surface area (Å²) >= 11 is 1.59. The molecule has 23 heavy (non-hydrogen) atoms. The minimum absolute atomic E-state index is 0.100. The Morgan fingerprint density at radius 3 is 2.74 bits per heavy atom. The third kappa shape index (κ3) is 3.33. The van der Waals surface area contributed by atoms with Gasteiger partial charge in [0, 0.05) is 35.8 Å². The topological polar surface area (TPSA) is 58.4 Å². The lowest BCUT2D eigenvalue weighted by Gasteiger charge is -2.32. The SMILES string of the molecule is Cc1cc(C(=O)N2CCC(c3ccnn3CCO)CC2)sc1C. The molecule has 1 saturated heterocycles. The zero-order chi connectivity index (χ0) is 16.4. The first-order chi connectivity index (χ1) is 11.1. The van der Waals surface area contributed by atoms with E-state index in [0.717, 1.165) is 30.8 Å². The number of rotatable bonds is 4. The van der Waals surface area contributed by atoms with Gasteiger partial charge in [0.1, 0.15) is 0 Å². The average Bonchev–Trinajstić information content (AvgIpc) is 3.14. The zero-order valence-electron chi connectivity index (χ0n) is 13.7. The van der Waals surface area contributed by atoms with Crippen molar-refractivity contribution in [3.8, 4) is 0 Å². The molecule has 1 fully saturated rings. The smallest absolute Gasteiger partial charge is 0.263 e. The van der Waals surface area contributed by atoms with Crippen LogP contribution in [0, 0.1) is 13.8 Å². The summed E-state index contributed by atoms with van der Waals surface area (Å²) in [6.45, 7) is 6.31. The molecule has 3 heterocycles. The van der Waals surface area contributed by atoms with Gasteiger partial charge in [-0.3, -0.25) is 9.48 Å². The van der Waals surface area contributed by atoms with Gasteiger partial charge in [-0.2, -0.15) is 5.10 Å². The van der Waals surface area contributed by atoms with Gasteiger partial charge < -0.3 is 10.0 Å². The molecule has 5 nitrogen and oxygen atoms in total. The Labute approximate surface area is 140 Å². The average molecular weight is 333 g/mol. The number of carbonyl (C=O) groups excluding carboxylic acids is 1. The predicted molar refractivity (Wildman–Crippen MR) is 91.0 cm³/mol. The van der Waals surface area contributed by atoms with E-state index in [1.54, 1.807) is 17.5 Å². The van der Waals surface area contributed by atoms with Crippen molar-refractivity contribution in [3.63, 3.8) is 0 Å². The summed E-state index contributed by atoms with van der Waals surface area (Å²) in [6.07, 6.45) is 3.69. The highest BCUT2D eigenvalue weighted by atomic mass is 32.1. The molecule has 1 aliphatic heterocycles. The summed E-state index contributed by atoms with van der Waals surface area (Å²) in [5, 5.41) is 13.4. The van der Waals surface area contributed by atoms with E-state index in [4.69, 9.17) is 5.11 Å². The summed E-state index contributed by atoms with van der Waals surface area (Å²) in [5.74, 6) is 0.577. The van der Waals surface area contributed by atoms with E-state index in [1.807, 2.05) is 21.7 Å². The molecule has 3 rings (SSSR count). The number of thiophene rings is 1. The number of amides is 1. The third-order valence-electron chi connectivity index (χ3n) is 4.64. The van der Waals surface area contributed by atoms with Gasteiger partial charge in [-0.25, -0.2) is 0 Å². The van der Waals surface area contributed by atoms with E-state index in [-0.39, 0.29) is 12.5 Å². The number of aromatic nitrogens is 2. The number of carbonyl (C=O) groups is 1. The Morgan fingerprint density at radius 2 is 2.13 bits per heavy atom. The normalized spacial score (nSPS) is 16.0. The first-order valence-corrected chi connectivity index (χ1v) is 8.90.